The second kappa shape index (κ2) is 12.5. The molecule has 0 saturated heterocycles. The second-order valence-electron chi connectivity index (χ2n) is 3.84. The van der Waals surface area contributed by atoms with Crippen LogP contribution in [-0.4, -0.2) is 0 Å². The summed E-state index contributed by atoms with van der Waals surface area (Å²) in [4.78, 5) is 0. The van der Waals surface area contributed by atoms with E-state index in [1.807, 2.05) is 0 Å². The maximum Gasteiger partial charge on any atom is -0.0233 e. The van der Waals surface area contributed by atoms with Crippen molar-refractivity contribution in [2.24, 2.45) is 0 Å². The lowest BCUT2D eigenvalue weighted by atomic mass is 10.1. The number of hydrogen-bond donors (Lipinski definition) is 0. The SMILES string of the molecule is C=C/[C]=C/CCCCCCCCCC. The molecular formula is C14H25. The van der Waals surface area contributed by atoms with Gasteiger partial charge >= 0.3 is 0 Å². The average Bonchev–Trinajstić information content (AvgIpc) is 2.21. The molecule has 0 heteroatoms. The molecule has 0 bridgehead atoms. The number of allylic oxidation sites excluding steroid dienone is 3. The summed E-state index contributed by atoms with van der Waals surface area (Å²) < 4.78 is 0. The van der Waals surface area contributed by atoms with Crippen molar-refractivity contribution in [2.45, 2.75) is 64.7 Å². The maximum atomic E-state index is 3.59. The van der Waals surface area contributed by atoms with Gasteiger partial charge in [0.1, 0.15) is 0 Å². The largest absolute Gasteiger partial charge is 0.0985 e. The molecule has 0 aliphatic heterocycles. The van der Waals surface area contributed by atoms with Gasteiger partial charge in [0.2, 0.25) is 0 Å². The Bertz CT molecular complexity index is 133. The van der Waals surface area contributed by atoms with Crippen LogP contribution in [-0.2, 0) is 0 Å². The topological polar surface area (TPSA) is 0 Å². The van der Waals surface area contributed by atoms with E-state index < -0.39 is 0 Å². The van der Waals surface area contributed by atoms with Crippen molar-refractivity contribution in [3.05, 3.63) is 24.8 Å². The van der Waals surface area contributed by atoms with Crippen molar-refractivity contribution in [3.8, 4) is 0 Å². The van der Waals surface area contributed by atoms with Crippen LogP contribution in [0.2, 0.25) is 0 Å². The molecule has 14 heavy (non-hydrogen) atoms. The summed E-state index contributed by atoms with van der Waals surface area (Å²) in [6, 6.07) is 0. The highest BCUT2D eigenvalue weighted by molar-refractivity contribution is 4.87. The molecule has 0 amide bonds. The zero-order valence-electron chi connectivity index (χ0n) is 9.73. The summed E-state index contributed by atoms with van der Waals surface area (Å²) in [5.74, 6) is 0. The molecule has 0 spiro atoms. The quantitative estimate of drug-likeness (QED) is 0.336. The first-order chi connectivity index (χ1) is 6.91. The zero-order chi connectivity index (χ0) is 10.5. The van der Waals surface area contributed by atoms with Crippen LogP contribution in [0.5, 0.6) is 0 Å². The van der Waals surface area contributed by atoms with Gasteiger partial charge in [-0.25, -0.2) is 0 Å². The van der Waals surface area contributed by atoms with Crippen molar-refractivity contribution < 1.29 is 0 Å². The van der Waals surface area contributed by atoms with Gasteiger partial charge in [0.15, 0.2) is 0 Å². The first kappa shape index (κ1) is 13.5. The molecule has 0 heterocycles. The predicted molar refractivity (Wildman–Crippen MR) is 65.2 cm³/mol. The third-order valence-electron chi connectivity index (χ3n) is 2.44. The Hall–Kier alpha value is -0.520. The highest BCUT2D eigenvalue weighted by Crippen LogP contribution is 2.09. The highest BCUT2D eigenvalue weighted by Gasteiger charge is 1.89. The molecule has 0 unspecified atom stereocenters. The van der Waals surface area contributed by atoms with Crippen molar-refractivity contribution in [1.82, 2.24) is 0 Å². The van der Waals surface area contributed by atoms with Gasteiger partial charge in [0.25, 0.3) is 0 Å². The van der Waals surface area contributed by atoms with E-state index in [2.05, 4.69) is 25.7 Å². The molecule has 0 aliphatic carbocycles. The molecule has 81 valence electrons. The van der Waals surface area contributed by atoms with Crippen LogP contribution in [0, 0.1) is 6.08 Å². The van der Waals surface area contributed by atoms with E-state index in [9.17, 15) is 0 Å². The Kier molecular flexibility index (Phi) is 12.0. The predicted octanol–water partition coefficient (Wildman–Crippen LogP) is 5.06. The third-order valence-corrected chi connectivity index (χ3v) is 2.44. The van der Waals surface area contributed by atoms with E-state index in [-0.39, 0.29) is 0 Å². The van der Waals surface area contributed by atoms with Crippen LogP contribution in [0.3, 0.4) is 0 Å². The molecule has 0 fully saturated rings. The van der Waals surface area contributed by atoms with Crippen molar-refractivity contribution in [1.29, 1.82) is 0 Å². The van der Waals surface area contributed by atoms with Crippen LogP contribution >= 0.6 is 0 Å². The minimum absolute atomic E-state index is 1.17. The average molecular weight is 193 g/mol. The molecular weight excluding hydrogens is 168 g/mol. The molecule has 0 saturated carbocycles. The molecule has 0 aromatic carbocycles. The monoisotopic (exact) mass is 193 g/mol. The van der Waals surface area contributed by atoms with Crippen molar-refractivity contribution in [2.75, 3.05) is 0 Å². The Morgan fingerprint density at radius 2 is 1.50 bits per heavy atom. The number of hydrogen-bond acceptors (Lipinski definition) is 0. The van der Waals surface area contributed by atoms with Crippen LogP contribution in [0.15, 0.2) is 18.7 Å². The minimum Gasteiger partial charge on any atom is -0.0985 e. The second-order valence-corrected chi connectivity index (χ2v) is 3.84. The van der Waals surface area contributed by atoms with Gasteiger partial charge < -0.3 is 0 Å². The fraction of sp³-hybridized carbons (Fsp3) is 0.714. The van der Waals surface area contributed by atoms with E-state index >= 15 is 0 Å². The molecule has 0 N–H and O–H groups in total. The highest BCUT2D eigenvalue weighted by atomic mass is 14.0. The van der Waals surface area contributed by atoms with E-state index in [0.717, 1.165) is 0 Å². The summed E-state index contributed by atoms with van der Waals surface area (Å²) in [7, 11) is 0. The Labute approximate surface area is 90.1 Å². The summed E-state index contributed by atoms with van der Waals surface area (Å²) in [6.45, 7) is 5.86. The summed E-state index contributed by atoms with van der Waals surface area (Å²) in [6.07, 6.45) is 19.1. The molecule has 0 rings (SSSR count). The van der Waals surface area contributed by atoms with Gasteiger partial charge in [-0.2, -0.15) is 0 Å². The third kappa shape index (κ3) is 11.5. The minimum atomic E-state index is 1.17. The molecule has 0 nitrogen and oxygen atoms in total. The van der Waals surface area contributed by atoms with Gasteiger partial charge in [-0.05, 0) is 18.9 Å². The van der Waals surface area contributed by atoms with Crippen LogP contribution in [0.1, 0.15) is 64.7 Å². The van der Waals surface area contributed by atoms with E-state index in [1.54, 1.807) is 6.08 Å². The number of rotatable bonds is 10. The van der Waals surface area contributed by atoms with Gasteiger partial charge in [-0.15, -0.1) is 0 Å². The molecule has 1 radical (unpaired) electrons. The van der Waals surface area contributed by atoms with Gasteiger partial charge in [0.05, 0.1) is 0 Å². The van der Waals surface area contributed by atoms with Gasteiger partial charge in [-0.1, -0.05) is 70.6 Å². The molecule has 0 aromatic heterocycles. The first-order valence-electron chi connectivity index (χ1n) is 6.10. The molecule has 0 aromatic rings. The maximum absolute atomic E-state index is 3.59. The lowest BCUT2D eigenvalue weighted by molar-refractivity contribution is 0.577. The lowest BCUT2D eigenvalue weighted by Gasteiger charge is -1.99. The van der Waals surface area contributed by atoms with Crippen molar-refractivity contribution in [3.63, 3.8) is 0 Å². The van der Waals surface area contributed by atoms with E-state index in [0.29, 0.717) is 0 Å². The molecule has 0 aliphatic rings. The standard InChI is InChI=1S/C14H25/c1-3-5-7-9-11-13-14-12-10-8-6-4-2/h3,7H,1,4,6,8-14H2,2H3. The van der Waals surface area contributed by atoms with Crippen LogP contribution in [0.4, 0.5) is 0 Å². The Balaban J connectivity index is 2.91. The Morgan fingerprint density at radius 3 is 2.07 bits per heavy atom. The summed E-state index contributed by atoms with van der Waals surface area (Å²) in [5, 5.41) is 0. The van der Waals surface area contributed by atoms with Gasteiger partial charge in [-0.3, -0.25) is 0 Å². The fourth-order valence-corrected chi connectivity index (χ4v) is 1.55. The van der Waals surface area contributed by atoms with Gasteiger partial charge in [0, 0.05) is 0 Å². The van der Waals surface area contributed by atoms with Crippen LogP contribution < -0.4 is 0 Å². The van der Waals surface area contributed by atoms with E-state index in [1.165, 1.54) is 57.8 Å². The normalized spacial score (nSPS) is 10.9. The summed E-state index contributed by atoms with van der Waals surface area (Å²) >= 11 is 0. The smallest absolute Gasteiger partial charge is 0.0233 e. The number of unbranched alkanes of at least 4 members (excludes halogenated alkanes) is 8. The fourth-order valence-electron chi connectivity index (χ4n) is 1.55. The Morgan fingerprint density at radius 1 is 0.929 bits per heavy atom. The zero-order valence-corrected chi connectivity index (χ0v) is 9.73. The lowest BCUT2D eigenvalue weighted by Crippen LogP contribution is -1.79. The first-order valence-corrected chi connectivity index (χ1v) is 6.10. The molecule has 0 atom stereocenters. The summed E-state index contributed by atoms with van der Waals surface area (Å²) in [5.41, 5.74) is 0. The van der Waals surface area contributed by atoms with Crippen molar-refractivity contribution >= 4 is 0 Å². The van der Waals surface area contributed by atoms with Crippen LogP contribution in [0.25, 0.3) is 0 Å². The van der Waals surface area contributed by atoms with E-state index in [4.69, 9.17) is 0 Å².